The Morgan fingerprint density at radius 2 is 2.36 bits per heavy atom. The number of nitrogens with one attached hydrogen (secondary N) is 1. The van der Waals surface area contributed by atoms with Crippen molar-refractivity contribution in [2.75, 3.05) is 11.9 Å². The van der Waals surface area contributed by atoms with Gasteiger partial charge in [-0.1, -0.05) is 6.92 Å². The second kappa shape index (κ2) is 4.88. The highest BCUT2D eigenvalue weighted by Crippen LogP contribution is 2.19. The van der Waals surface area contributed by atoms with E-state index in [2.05, 4.69) is 37.9 Å². The lowest BCUT2D eigenvalue weighted by atomic mass is 10.0. The van der Waals surface area contributed by atoms with Crippen molar-refractivity contribution in [2.45, 2.75) is 25.8 Å². The Bertz CT molecular complexity index is 302. The maximum absolute atomic E-state index is 9.23. The first-order valence-corrected chi connectivity index (χ1v) is 5.54. The van der Waals surface area contributed by atoms with E-state index in [4.69, 9.17) is 0 Å². The van der Waals surface area contributed by atoms with E-state index in [9.17, 15) is 5.11 Å². The Morgan fingerprint density at radius 1 is 1.64 bits per heavy atom. The summed E-state index contributed by atoms with van der Waals surface area (Å²) < 4.78 is 0.957. The number of halogens is 1. The molecule has 5 heteroatoms. The largest absolute Gasteiger partial charge is 0.394 e. The standard InChI is InChI=1S/C9H14IN3O/c1-3-9(2,5-14)13-8-7(10)4-11-6-12-8/h4,6,14H,3,5H2,1-2H3,(H,11,12,13). The molecule has 0 aliphatic carbocycles. The maximum atomic E-state index is 9.23. The van der Waals surface area contributed by atoms with E-state index in [-0.39, 0.29) is 12.1 Å². The van der Waals surface area contributed by atoms with Crippen LogP contribution >= 0.6 is 22.6 Å². The van der Waals surface area contributed by atoms with E-state index in [0.29, 0.717) is 0 Å². The highest BCUT2D eigenvalue weighted by Gasteiger charge is 2.21. The molecule has 4 nitrogen and oxygen atoms in total. The number of nitrogens with zero attached hydrogens (tertiary/aromatic N) is 2. The number of hydrogen-bond acceptors (Lipinski definition) is 4. The summed E-state index contributed by atoms with van der Waals surface area (Å²) in [7, 11) is 0. The second-order valence-electron chi connectivity index (χ2n) is 3.42. The van der Waals surface area contributed by atoms with Crippen LogP contribution in [-0.4, -0.2) is 27.2 Å². The molecule has 0 aromatic carbocycles. The molecule has 1 atom stereocenters. The van der Waals surface area contributed by atoms with E-state index < -0.39 is 0 Å². The fourth-order valence-electron chi connectivity index (χ4n) is 0.930. The maximum Gasteiger partial charge on any atom is 0.143 e. The van der Waals surface area contributed by atoms with E-state index in [0.717, 1.165) is 15.8 Å². The first-order chi connectivity index (χ1) is 6.61. The first-order valence-electron chi connectivity index (χ1n) is 4.46. The number of rotatable bonds is 4. The summed E-state index contributed by atoms with van der Waals surface area (Å²) >= 11 is 2.16. The van der Waals surface area contributed by atoms with Gasteiger partial charge >= 0.3 is 0 Å². The zero-order chi connectivity index (χ0) is 10.6. The molecule has 1 aromatic rings. The number of aliphatic hydroxyl groups is 1. The average molecular weight is 307 g/mol. The quantitative estimate of drug-likeness (QED) is 0.831. The monoisotopic (exact) mass is 307 g/mol. The predicted molar refractivity (Wildman–Crippen MR) is 64.2 cm³/mol. The molecule has 0 bridgehead atoms. The summed E-state index contributed by atoms with van der Waals surface area (Å²) in [5.41, 5.74) is -0.311. The van der Waals surface area contributed by atoms with Crippen LogP contribution in [0.5, 0.6) is 0 Å². The van der Waals surface area contributed by atoms with Gasteiger partial charge in [-0.2, -0.15) is 0 Å². The third kappa shape index (κ3) is 2.78. The summed E-state index contributed by atoms with van der Waals surface area (Å²) in [6.45, 7) is 4.08. The molecule has 0 saturated heterocycles. The van der Waals surface area contributed by atoms with Crippen LogP contribution in [0.25, 0.3) is 0 Å². The number of hydrogen-bond donors (Lipinski definition) is 2. The smallest absolute Gasteiger partial charge is 0.143 e. The Morgan fingerprint density at radius 3 is 2.86 bits per heavy atom. The van der Waals surface area contributed by atoms with Crippen LogP contribution in [0.4, 0.5) is 5.82 Å². The van der Waals surface area contributed by atoms with Gasteiger partial charge in [-0.05, 0) is 35.9 Å². The minimum absolute atomic E-state index is 0.0869. The van der Waals surface area contributed by atoms with Crippen molar-refractivity contribution in [2.24, 2.45) is 0 Å². The van der Waals surface area contributed by atoms with E-state index >= 15 is 0 Å². The van der Waals surface area contributed by atoms with Gasteiger partial charge in [0.25, 0.3) is 0 Å². The van der Waals surface area contributed by atoms with Crippen molar-refractivity contribution in [1.29, 1.82) is 0 Å². The molecule has 0 radical (unpaired) electrons. The van der Waals surface area contributed by atoms with Gasteiger partial charge in [0.05, 0.1) is 15.7 Å². The van der Waals surface area contributed by atoms with Crippen LogP contribution < -0.4 is 5.32 Å². The minimum atomic E-state index is -0.311. The molecule has 78 valence electrons. The average Bonchev–Trinajstić information content (AvgIpc) is 2.21. The van der Waals surface area contributed by atoms with Crippen LogP contribution in [0.2, 0.25) is 0 Å². The zero-order valence-electron chi connectivity index (χ0n) is 8.29. The Balaban J connectivity index is 2.82. The Kier molecular flexibility index (Phi) is 4.06. The fourth-order valence-corrected chi connectivity index (χ4v) is 1.37. The van der Waals surface area contributed by atoms with E-state index in [1.807, 2.05) is 13.8 Å². The third-order valence-corrected chi connectivity index (χ3v) is 3.01. The van der Waals surface area contributed by atoms with Crippen molar-refractivity contribution in [3.63, 3.8) is 0 Å². The summed E-state index contributed by atoms with van der Waals surface area (Å²) in [5.74, 6) is 0.777. The van der Waals surface area contributed by atoms with Gasteiger partial charge < -0.3 is 10.4 Å². The van der Waals surface area contributed by atoms with Crippen LogP contribution in [0.3, 0.4) is 0 Å². The minimum Gasteiger partial charge on any atom is -0.394 e. The molecule has 0 fully saturated rings. The molecule has 0 spiro atoms. The highest BCUT2D eigenvalue weighted by molar-refractivity contribution is 14.1. The summed E-state index contributed by atoms with van der Waals surface area (Å²) in [6, 6.07) is 0. The first kappa shape index (κ1) is 11.6. The molecular weight excluding hydrogens is 293 g/mol. The summed E-state index contributed by atoms with van der Waals surface area (Å²) in [6.07, 6.45) is 4.07. The van der Waals surface area contributed by atoms with E-state index in [1.165, 1.54) is 6.33 Å². The van der Waals surface area contributed by atoms with Crippen molar-refractivity contribution in [3.8, 4) is 0 Å². The number of anilines is 1. The number of aromatic nitrogens is 2. The lowest BCUT2D eigenvalue weighted by molar-refractivity contribution is 0.218. The third-order valence-electron chi connectivity index (χ3n) is 2.22. The van der Waals surface area contributed by atoms with Gasteiger partial charge in [0.2, 0.25) is 0 Å². The molecule has 1 unspecified atom stereocenters. The zero-order valence-corrected chi connectivity index (χ0v) is 10.4. The van der Waals surface area contributed by atoms with Crippen LogP contribution in [0.1, 0.15) is 20.3 Å². The van der Waals surface area contributed by atoms with Crippen molar-refractivity contribution in [1.82, 2.24) is 9.97 Å². The Hall–Kier alpha value is -0.430. The summed E-state index contributed by atoms with van der Waals surface area (Å²) in [5, 5.41) is 12.4. The van der Waals surface area contributed by atoms with Gasteiger partial charge in [0.15, 0.2) is 0 Å². The fraction of sp³-hybridized carbons (Fsp3) is 0.556. The predicted octanol–water partition coefficient (Wildman–Crippen LogP) is 1.65. The molecule has 0 saturated carbocycles. The number of aliphatic hydroxyl groups excluding tert-OH is 1. The molecule has 14 heavy (non-hydrogen) atoms. The van der Waals surface area contributed by atoms with Crippen LogP contribution in [0.15, 0.2) is 12.5 Å². The van der Waals surface area contributed by atoms with Gasteiger partial charge in [-0.25, -0.2) is 9.97 Å². The van der Waals surface area contributed by atoms with Crippen LogP contribution in [0, 0.1) is 3.57 Å². The van der Waals surface area contributed by atoms with Crippen molar-refractivity contribution in [3.05, 3.63) is 16.1 Å². The summed E-state index contributed by atoms with van der Waals surface area (Å²) in [4.78, 5) is 8.02. The molecular formula is C9H14IN3O. The lowest BCUT2D eigenvalue weighted by Gasteiger charge is -2.28. The van der Waals surface area contributed by atoms with Crippen molar-refractivity contribution < 1.29 is 5.11 Å². The second-order valence-corrected chi connectivity index (χ2v) is 4.58. The SMILES string of the molecule is CCC(C)(CO)Nc1ncncc1I. The molecule has 2 N–H and O–H groups in total. The molecule has 1 aromatic heterocycles. The lowest BCUT2D eigenvalue weighted by Crippen LogP contribution is -2.38. The van der Waals surface area contributed by atoms with Gasteiger partial charge in [0, 0.05) is 6.20 Å². The van der Waals surface area contributed by atoms with Crippen molar-refractivity contribution >= 4 is 28.4 Å². The van der Waals surface area contributed by atoms with Gasteiger partial charge in [0.1, 0.15) is 12.1 Å². The molecule has 0 amide bonds. The molecule has 1 heterocycles. The van der Waals surface area contributed by atoms with E-state index in [1.54, 1.807) is 6.20 Å². The normalized spacial score (nSPS) is 14.9. The topological polar surface area (TPSA) is 58.0 Å². The molecule has 0 aliphatic rings. The Labute approximate surface area is 97.3 Å². The molecule has 0 aliphatic heterocycles. The van der Waals surface area contributed by atoms with Gasteiger partial charge in [-0.15, -0.1) is 0 Å². The molecule has 1 rings (SSSR count). The van der Waals surface area contributed by atoms with Gasteiger partial charge in [-0.3, -0.25) is 0 Å². The van der Waals surface area contributed by atoms with Crippen LogP contribution in [-0.2, 0) is 0 Å². The highest BCUT2D eigenvalue weighted by atomic mass is 127.